The first kappa shape index (κ1) is 15.9. The number of hydrogen-bond acceptors (Lipinski definition) is 4. The van der Waals surface area contributed by atoms with Crippen molar-refractivity contribution in [3.05, 3.63) is 0 Å². The van der Waals surface area contributed by atoms with E-state index in [1.165, 1.54) is 0 Å². The maximum atomic E-state index is 12.2. The van der Waals surface area contributed by atoms with Gasteiger partial charge in [-0.2, -0.15) is 0 Å². The molecule has 0 aromatic carbocycles. The molecule has 110 valence electrons. The fourth-order valence-electron chi connectivity index (χ4n) is 2.78. The topological polar surface area (TPSA) is 113 Å². The van der Waals surface area contributed by atoms with Gasteiger partial charge in [0.1, 0.15) is 6.04 Å². The molecule has 0 aromatic rings. The van der Waals surface area contributed by atoms with Crippen molar-refractivity contribution >= 4 is 11.9 Å². The van der Waals surface area contributed by atoms with Crippen LogP contribution >= 0.6 is 0 Å². The van der Waals surface area contributed by atoms with Crippen molar-refractivity contribution < 1.29 is 19.8 Å². The monoisotopic (exact) mass is 272 g/mol. The van der Waals surface area contributed by atoms with E-state index in [1.807, 2.05) is 20.8 Å². The van der Waals surface area contributed by atoms with Gasteiger partial charge in [-0.1, -0.05) is 20.8 Å². The number of carbonyl (C=O) groups is 2. The Morgan fingerprint density at radius 2 is 2.00 bits per heavy atom. The van der Waals surface area contributed by atoms with E-state index in [0.29, 0.717) is 6.42 Å². The maximum Gasteiger partial charge on any atom is 0.328 e. The van der Waals surface area contributed by atoms with Crippen molar-refractivity contribution in [2.45, 2.75) is 45.7 Å². The van der Waals surface area contributed by atoms with Crippen molar-refractivity contribution in [3.63, 3.8) is 0 Å². The van der Waals surface area contributed by atoms with Gasteiger partial charge in [0.25, 0.3) is 0 Å². The number of hydrogen-bond donors (Lipinski definition) is 4. The molecule has 0 bridgehead atoms. The van der Waals surface area contributed by atoms with E-state index in [4.69, 9.17) is 15.9 Å². The Balaban J connectivity index is 2.79. The van der Waals surface area contributed by atoms with Crippen molar-refractivity contribution in [1.82, 2.24) is 5.32 Å². The minimum absolute atomic E-state index is 0.0622. The highest BCUT2D eigenvalue weighted by molar-refractivity contribution is 5.85. The lowest BCUT2D eigenvalue weighted by atomic mass is 9.61. The number of nitrogens with two attached hydrogens (primary N) is 1. The molecule has 19 heavy (non-hydrogen) atoms. The Hall–Kier alpha value is -1.14. The van der Waals surface area contributed by atoms with Gasteiger partial charge in [0, 0.05) is 12.0 Å². The largest absolute Gasteiger partial charge is 0.480 e. The third-order valence-electron chi connectivity index (χ3n) is 4.62. The number of aliphatic hydroxyl groups is 1. The van der Waals surface area contributed by atoms with Crippen LogP contribution in [0.25, 0.3) is 0 Å². The number of rotatable bonds is 4. The van der Waals surface area contributed by atoms with Crippen LogP contribution in [-0.4, -0.2) is 40.8 Å². The first-order valence-corrected chi connectivity index (χ1v) is 6.61. The summed E-state index contributed by atoms with van der Waals surface area (Å²) in [4.78, 5) is 23.0. The van der Waals surface area contributed by atoms with Gasteiger partial charge < -0.3 is 21.3 Å². The van der Waals surface area contributed by atoms with Gasteiger partial charge in [-0.3, -0.25) is 4.79 Å². The fraction of sp³-hybridized carbons (Fsp3) is 0.846. The quantitative estimate of drug-likeness (QED) is 0.573. The smallest absolute Gasteiger partial charge is 0.328 e. The van der Waals surface area contributed by atoms with E-state index >= 15 is 0 Å². The molecule has 1 fully saturated rings. The summed E-state index contributed by atoms with van der Waals surface area (Å²) in [5, 5.41) is 20.2. The van der Waals surface area contributed by atoms with E-state index in [-0.39, 0.29) is 29.2 Å². The molecule has 0 aliphatic heterocycles. The van der Waals surface area contributed by atoms with Gasteiger partial charge in [-0.15, -0.1) is 0 Å². The highest BCUT2D eigenvalue weighted by Gasteiger charge is 2.45. The van der Waals surface area contributed by atoms with Gasteiger partial charge in [0.05, 0.1) is 6.61 Å². The number of nitrogens with one attached hydrogen (secondary N) is 1. The van der Waals surface area contributed by atoms with Gasteiger partial charge in [-0.05, 0) is 24.2 Å². The average Bonchev–Trinajstić information content (AvgIpc) is 2.32. The highest BCUT2D eigenvalue weighted by atomic mass is 16.4. The molecule has 6 heteroatoms. The molecule has 0 saturated heterocycles. The van der Waals surface area contributed by atoms with Crippen molar-refractivity contribution in [2.75, 3.05) is 6.61 Å². The molecule has 0 heterocycles. The number of aliphatic hydroxyl groups excluding tert-OH is 1. The van der Waals surface area contributed by atoms with E-state index < -0.39 is 18.6 Å². The molecule has 1 saturated carbocycles. The minimum atomic E-state index is -1.24. The van der Waals surface area contributed by atoms with E-state index in [0.717, 1.165) is 6.42 Å². The molecule has 1 aliphatic carbocycles. The zero-order valence-corrected chi connectivity index (χ0v) is 11.7. The standard InChI is InChI=1S/C13H24N2O4/c1-7-9(14)5-4-8(13(7,2)3)11(17)15-10(6-16)12(18)19/h7-10,16H,4-6,14H2,1-3H3,(H,15,17)(H,18,19)/t7?,8?,9?,10-/m0/s1. The molecule has 0 spiro atoms. The molecule has 0 aromatic heterocycles. The van der Waals surface area contributed by atoms with Crippen LogP contribution in [0.15, 0.2) is 0 Å². The second kappa shape index (κ2) is 5.88. The second-order valence-corrected chi connectivity index (χ2v) is 5.99. The summed E-state index contributed by atoms with van der Waals surface area (Å²) in [7, 11) is 0. The van der Waals surface area contributed by atoms with E-state index in [1.54, 1.807) is 0 Å². The lowest BCUT2D eigenvalue weighted by Gasteiger charge is -2.46. The summed E-state index contributed by atoms with van der Waals surface area (Å²) in [6.07, 6.45) is 1.39. The Morgan fingerprint density at radius 3 is 2.47 bits per heavy atom. The van der Waals surface area contributed by atoms with Crippen molar-refractivity contribution in [1.29, 1.82) is 0 Å². The van der Waals surface area contributed by atoms with Crippen LogP contribution in [0.5, 0.6) is 0 Å². The van der Waals surface area contributed by atoms with Crippen LogP contribution in [0, 0.1) is 17.3 Å². The maximum absolute atomic E-state index is 12.2. The van der Waals surface area contributed by atoms with Gasteiger partial charge >= 0.3 is 5.97 Å². The molecule has 6 nitrogen and oxygen atoms in total. The average molecular weight is 272 g/mol. The number of carbonyl (C=O) groups excluding carboxylic acids is 1. The third-order valence-corrected chi connectivity index (χ3v) is 4.62. The predicted octanol–water partition coefficient (Wildman–Crippen LogP) is -0.0523. The van der Waals surface area contributed by atoms with Crippen LogP contribution in [0.2, 0.25) is 0 Å². The van der Waals surface area contributed by atoms with Crippen LogP contribution in [0.3, 0.4) is 0 Å². The summed E-state index contributed by atoms with van der Waals surface area (Å²) in [5.74, 6) is -1.65. The number of carboxylic acid groups (broad SMARTS) is 1. The lowest BCUT2D eigenvalue weighted by molar-refractivity contribution is -0.145. The zero-order valence-electron chi connectivity index (χ0n) is 11.7. The van der Waals surface area contributed by atoms with Crippen LogP contribution in [0.4, 0.5) is 0 Å². The molecule has 3 unspecified atom stereocenters. The zero-order chi connectivity index (χ0) is 14.8. The molecule has 5 N–H and O–H groups in total. The minimum Gasteiger partial charge on any atom is -0.480 e. The van der Waals surface area contributed by atoms with Crippen LogP contribution in [0.1, 0.15) is 33.6 Å². The summed E-state index contributed by atoms with van der Waals surface area (Å²) < 4.78 is 0. The summed E-state index contributed by atoms with van der Waals surface area (Å²) in [6, 6.07) is -1.18. The lowest BCUT2D eigenvalue weighted by Crippen LogP contribution is -2.54. The normalized spacial score (nSPS) is 31.5. The third kappa shape index (κ3) is 3.25. The van der Waals surface area contributed by atoms with Gasteiger partial charge in [0.15, 0.2) is 0 Å². The number of aliphatic carboxylic acids is 1. The molecule has 4 atom stereocenters. The Morgan fingerprint density at radius 1 is 1.42 bits per heavy atom. The van der Waals surface area contributed by atoms with Crippen LogP contribution < -0.4 is 11.1 Å². The first-order chi connectivity index (χ1) is 8.71. The molecule has 1 amide bonds. The van der Waals surface area contributed by atoms with Crippen molar-refractivity contribution in [3.8, 4) is 0 Å². The van der Waals surface area contributed by atoms with Crippen LogP contribution in [-0.2, 0) is 9.59 Å². The van der Waals surface area contributed by atoms with Crippen molar-refractivity contribution in [2.24, 2.45) is 23.0 Å². The van der Waals surface area contributed by atoms with E-state index in [2.05, 4.69) is 5.32 Å². The highest BCUT2D eigenvalue weighted by Crippen LogP contribution is 2.44. The SMILES string of the molecule is CC1C(N)CCC(C(=O)N[C@@H](CO)C(=O)O)C1(C)C. The molecular weight excluding hydrogens is 248 g/mol. The molecule has 1 aliphatic rings. The second-order valence-electron chi connectivity index (χ2n) is 5.99. The summed E-state index contributed by atoms with van der Waals surface area (Å²) in [5.41, 5.74) is 5.73. The van der Waals surface area contributed by atoms with E-state index in [9.17, 15) is 9.59 Å². The molecule has 0 radical (unpaired) electrons. The fourth-order valence-corrected chi connectivity index (χ4v) is 2.78. The molecular formula is C13H24N2O4. The Bertz CT molecular complexity index is 357. The Labute approximate surface area is 113 Å². The number of amides is 1. The summed E-state index contributed by atoms with van der Waals surface area (Å²) in [6.45, 7) is 5.37. The summed E-state index contributed by atoms with van der Waals surface area (Å²) >= 11 is 0. The molecule has 1 rings (SSSR count). The van der Waals surface area contributed by atoms with Gasteiger partial charge in [0.2, 0.25) is 5.91 Å². The predicted molar refractivity (Wildman–Crippen MR) is 70.3 cm³/mol. The first-order valence-electron chi connectivity index (χ1n) is 6.61. The van der Waals surface area contributed by atoms with Gasteiger partial charge in [-0.25, -0.2) is 4.79 Å². The number of carboxylic acids is 1. The Kier molecular flexibility index (Phi) is 4.92.